The second-order valence-corrected chi connectivity index (χ2v) is 5.15. The van der Waals surface area contributed by atoms with Crippen LogP contribution in [0.5, 0.6) is 0 Å². The van der Waals surface area contributed by atoms with Gasteiger partial charge in [0.1, 0.15) is 9.53 Å². The monoisotopic (exact) mass is 226 g/mol. The van der Waals surface area contributed by atoms with Gasteiger partial charge in [0.15, 0.2) is 0 Å². The fraction of sp³-hybridized carbons (Fsp3) is 0. The second-order valence-electron chi connectivity index (χ2n) is 2.65. The van der Waals surface area contributed by atoms with Gasteiger partial charge in [-0.3, -0.25) is 0 Å². The van der Waals surface area contributed by atoms with E-state index in [4.69, 9.17) is 11.6 Å². The summed E-state index contributed by atoms with van der Waals surface area (Å²) in [7, 11) is 0. The third kappa shape index (κ3) is 1.06. The number of thiophene rings is 1. The average molecular weight is 227 g/mol. The number of benzene rings is 1. The van der Waals surface area contributed by atoms with Crippen molar-refractivity contribution in [3.05, 3.63) is 23.2 Å². The lowest BCUT2D eigenvalue weighted by Gasteiger charge is -1.88. The molecule has 3 rings (SSSR count). The molecule has 0 amide bonds. The van der Waals surface area contributed by atoms with Crippen molar-refractivity contribution >= 4 is 54.1 Å². The van der Waals surface area contributed by atoms with E-state index >= 15 is 0 Å². The Morgan fingerprint density at radius 1 is 1.31 bits per heavy atom. The largest absolute Gasteiger partial charge is 0.136 e. The van der Waals surface area contributed by atoms with Crippen LogP contribution in [0.15, 0.2) is 18.2 Å². The van der Waals surface area contributed by atoms with Crippen molar-refractivity contribution in [2.75, 3.05) is 0 Å². The first-order chi connectivity index (χ1) is 6.34. The number of aromatic nitrogens is 2. The molecule has 64 valence electrons. The molecule has 3 aromatic rings. The van der Waals surface area contributed by atoms with Gasteiger partial charge < -0.3 is 0 Å². The zero-order valence-corrected chi connectivity index (χ0v) is 8.71. The Bertz CT molecular complexity index is 584. The van der Waals surface area contributed by atoms with Crippen LogP contribution in [0, 0.1) is 0 Å². The number of hydrogen-bond acceptors (Lipinski definition) is 4. The van der Waals surface area contributed by atoms with Crippen LogP contribution in [-0.4, -0.2) is 9.59 Å². The quantitative estimate of drug-likeness (QED) is 0.586. The van der Waals surface area contributed by atoms with Gasteiger partial charge in [0, 0.05) is 15.1 Å². The number of rotatable bonds is 0. The van der Waals surface area contributed by atoms with Crippen molar-refractivity contribution < 1.29 is 0 Å². The molecule has 1 aromatic carbocycles. The molecule has 0 fully saturated rings. The Morgan fingerprint density at radius 2 is 2.23 bits per heavy atom. The van der Waals surface area contributed by atoms with Crippen LogP contribution in [-0.2, 0) is 0 Å². The highest BCUT2D eigenvalue weighted by Crippen LogP contribution is 2.35. The maximum absolute atomic E-state index is 5.90. The van der Waals surface area contributed by atoms with Gasteiger partial charge in [0.2, 0.25) is 0 Å². The standard InChI is InChI=1S/C8H3ClN2S2/c9-4-1-2-6-5(3-4)7-8(12-6)13-11-10-7/h1-3H. The normalized spacial score (nSPS) is 11.5. The summed E-state index contributed by atoms with van der Waals surface area (Å²) in [5, 5.41) is 5.93. The topological polar surface area (TPSA) is 25.8 Å². The Labute approximate surface area is 86.9 Å². The molecule has 0 aliphatic rings. The minimum atomic E-state index is 0.750. The first-order valence-electron chi connectivity index (χ1n) is 3.65. The fourth-order valence-corrected chi connectivity index (χ4v) is 3.26. The van der Waals surface area contributed by atoms with Crippen molar-refractivity contribution in [1.82, 2.24) is 9.59 Å². The van der Waals surface area contributed by atoms with Crippen molar-refractivity contribution in [3.8, 4) is 0 Å². The molecule has 0 spiro atoms. The van der Waals surface area contributed by atoms with Crippen molar-refractivity contribution in [2.45, 2.75) is 0 Å². The summed E-state index contributed by atoms with van der Waals surface area (Å²) >= 11 is 9.05. The van der Waals surface area contributed by atoms with Gasteiger partial charge in [0.05, 0.1) is 0 Å². The molecular weight excluding hydrogens is 224 g/mol. The molecule has 0 saturated heterocycles. The van der Waals surface area contributed by atoms with Gasteiger partial charge in [-0.2, -0.15) is 0 Å². The number of halogens is 1. The minimum Gasteiger partial charge on any atom is -0.136 e. The summed E-state index contributed by atoms with van der Waals surface area (Å²) in [5.74, 6) is 0. The molecule has 0 aliphatic heterocycles. The first kappa shape index (κ1) is 7.67. The number of nitrogens with zero attached hydrogens (tertiary/aromatic N) is 2. The molecule has 13 heavy (non-hydrogen) atoms. The van der Waals surface area contributed by atoms with E-state index in [2.05, 4.69) is 9.59 Å². The van der Waals surface area contributed by atoms with E-state index in [-0.39, 0.29) is 0 Å². The maximum Gasteiger partial charge on any atom is 0.129 e. The zero-order valence-electron chi connectivity index (χ0n) is 6.32. The lowest BCUT2D eigenvalue weighted by atomic mass is 10.2. The molecule has 0 aliphatic carbocycles. The van der Waals surface area contributed by atoms with Gasteiger partial charge in [-0.05, 0) is 29.7 Å². The molecule has 2 nitrogen and oxygen atoms in total. The van der Waals surface area contributed by atoms with Crippen LogP contribution < -0.4 is 0 Å². The number of fused-ring (bicyclic) bond motifs is 3. The van der Waals surface area contributed by atoms with Crippen LogP contribution in [0.1, 0.15) is 0 Å². The van der Waals surface area contributed by atoms with E-state index in [0.29, 0.717) is 0 Å². The molecule has 5 heteroatoms. The summed E-state index contributed by atoms with van der Waals surface area (Å²) in [6.07, 6.45) is 0. The van der Waals surface area contributed by atoms with Gasteiger partial charge >= 0.3 is 0 Å². The first-order valence-corrected chi connectivity index (χ1v) is 5.61. The van der Waals surface area contributed by atoms with Gasteiger partial charge in [-0.25, -0.2) is 0 Å². The molecule has 0 N–H and O–H groups in total. The van der Waals surface area contributed by atoms with Crippen LogP contribution in [0.2, 0.25) is 5.02 Å². The summed E-state index contributed by atoms with van der Waals surface area (Å²) in [5.41, 5.74) is 0.979. The Kier molecular flexibility index (Phi) is 1.56. The van der Waals surface area contributed by atoms with Crippen LogP contribution in [0.25, 0.3) is 19.6 Å². The predicted molar refractivity (Wildman–Crippen MR) is 57.8 cm³/mol. The third-order valence-electron chi connectivity index (χ3n) is 1.86. The molecule has 0 unspecified atom stereocenters. The van der Waals surface area contributed by atoms with Crippen LogP contribution in [0.4, 0.5) is 0 Å². The van der Waals surface area contributed by atoms with Crippen molar-refractivity contribution in [1.29, 1.82) is 0 Å². The lowest BCUT2D eigenvalue weighted by Crippen LogP contribution is -1.68. The Balaban J connectivity index is 2.61. The molecule has 0 saturated carbocycles. The lowest BCUT2D eigenvalue weighted by molar-refractivity contribution is 1.20. The molecule has 0 bridgehead atoms. The minimum absolute atomic E-state index is 0.750. The highest BCUT2D eigenvalue weighted by molar-refractivity contribution is 7.39. The van der Waals surface area contributed by atoms with Gasteiger partial charge in [-0.1, -0.05) is 16.1 Å². The summed E-state index contributed by atoms with van der Waals surface area (Å²) in [6, 6.07) is 5.87. The van der Waals surface area contributed by atoms with E-state index < -0.39 is 0 Å². The molecule has 2 heterocycles. The Morgan fingerprint density at radius 3 is 3.15 bits per heavy atom. The van der Waals surface area contributed by atoms with E-state index in [1.54, 1.807) is 11.3 Å². The smallest absolute Gasteiger partial charge is 0.129 e. The highest BCUT2D eigenvalue weighted by Gasteiger charge is 2.08. The van der Waals surface area contributed by atoms with E-state index in [1.807, 2.05) is 18.2 Å². The average Bonchev–Trinajstić information content (AvgIpc) is 2.64. The van der Waals surface area contributed by atoms with Gasteiger partial charge in [-0.15, -0.1) is 16.4 Å². The zero-order chi connectivity index (χ0) is 8.84. The van der Waals surface area contributed by atoms with E-state index in [0.717, 1.165) is 19.9 Å². The van der Waals surface area contributed by atoms with Crippen molar-refractivity contribution in [3.63, 3.8) is 0 Å². The SMILES string of the molecule is Clc1ccc2sc3snnc3c2c1. The summed E-state index contributed by atoms with van der Waals surface area (Å²) in [4.78, 5) is 0. The van der Waals surface area contributed by atoms with E-state index in [9.17, 15) is 0 Å². The van der Waals surface area contributed by atoms with Crippen LogP contribution in [0.3, 0.4) is 0 Å². The Hall–Kier alpha value is -0.710. The third-order valence-corrected chi connectivity index (χ3v) is 4.04. The molecule has 0 radical (unpaired) electrons. The molecule has 2 aromatic heterocycles. The highest BCUT2D eigenvalue weighted by atomic mass is 35.5. The summed E-state index contributed by atoms with van der Waals surface area (Å²) in [6.45, 7) is 0. The van der Waals surface area contributed by atoms with E-state index in [1.165, 1.54) is 16.2 Å². The second kappa shape index (κ2) is 2.64. The summed E-state index contributed by atoms with van der Waals surface area (Å²) < 4.78 is 6.29. The molecular formula is C8H3ClN2S2. The predicted octanol–water partition coefficient (Wildman–Crippen LogP) is 3.56. The maximum atomic E-state index is 5.90. The fourth-order valence-electron chi connectivity index (χ4n) is 1.29. The van der Waals surface area contributed by atoms with Crippen molar-refractivity contribution in [2.24, 2.45) is 0 Å². The van der Waals surface area contributed by atoms with Gasteiger partial charge in [0.25, 0.3) is 0 Å². The molecule has 0 atom stereocenters. The number of hydrogen-bond donors (Lipinski definition) is 0. The van der Waals surface area contributed by atoms with Crippen LogP contribution >= 0.6 is 34.5 Å².